The highest BCUT2D eigenvalue weighted by molar-refractivity contribution is 6.10. The third kappa shape index (κ3) is 8.01. The molecule has 306 valence electrons. The summed E-state index contributed by atoms with van der Waals surface area (Å²) in [5.41, 5.74) is 13.6. The number of pyridine rings is 2. The van der Waals surface area contributed by atoms with Gasteiger partial charge in [0.05, 0.1) is 11.0 Å². The minimum absolute atomic E-state index is 0.497. The molecule has 7 heteroatoms. The molecule has 0 radical (unpaired) electrons. The SMILES string of the molecule is C=C/C=C(\C=C/Cc1cccc(-c2nc(-c3ccccn3)nc(-c3ccccn3)n2)c1)c1ccccc1N(C)c1ccc(-c2ccc3c(c2)c2ccccc2n3-c2ccccc2)cc1. The normalized spacial score (nSPS) is 11.7. The van der Waals surface area contributed by atoms with Gasteiger partial charge in [0, 0.05) is 58.4 Å². The number of benzene rings is 6. The van der Waals surface area contributed by atoms with Crippen molar-refractivity contribution in [2.45, 2.75) is 6.42 Å². The van der Waals surface area contributed by atoms with Crippen LogP contribution in [0.5, 0.6) is 0 Å². The van der Waals surface area contributed by atoms with Gasteiger partial charge in [0.15, 0.2) is 17.5 Å². The van der Waals surface area contributed by atoms with Crippen LogP contribution in [-0.4, -0.2) is 36.5 Å². The maximum Gasteiger partial charge on any atom is 0.182 e. The van der Waals surface area contributed by atoms with Crippen LogP contribution in [0.25, 0.3) is 78.6 Å². The van der Waals surface area contributed by atoms with E-state index in [0.717, 1.165) is 39.3 Å². The van der Waals surface area contributed by atoms with Crippen molar-refractivity contribution >= 4 is 38.8 Å². The average molecular weight is 826 g/mol. The summed E-state index contributed by atoms with van der Waals surface area (Å²) in [4.78, 5) is 25.7. The summed E-state index contributed by atoms with van der Waals surface area (Å²) < 4.78 is 2.35. The summed E-state index contributed by atoms with van der Waals surface area (Å²) in [6.07, 6.45) is 12.5. The molecule has 4 aromatic heterocycles. The molecule has 0 saturated heterocycles. The number of hydrogen-bond donors (Lipinski definition) is 0. The second-order valence-corrected chi connectivity index (χ2v) is 15.4. The van der Waals surface area contributed by atoms with E-state index in [4.69, 9.17) is 15.0 Å². The second kappa shape index (κ2) is 17.8. The number of rotatable bonds is 12. The van der Waals surface area contributed by atoms with E-state index < -0.39 is 0 Å². The van der Waals surface area contributed by atoms with Crippen LogP contribution in [0.4, 0.5) is 11.4 Å². The van der Waals surface area contributed by atoms with E-state index in [2.05, 4.69) is 185 Å². The average Bonchev–Trinajstić information content (AvgIpc) is 3.70. The lowest BCUT2D eigenvalue weighted by Crippen LogP contribution is -2.11. The Morgan fingerprint density at radius 3 is 1.95 bits per heavy atom. The van der Waals surface area contributed by atoms with Gasteiger partial charge in [-0.2, -0.15) is 0 Å². The standard InChI is InChI=1S/C57H43N7/c1-3-17-42(20-15-18-40-19-16-21-44(38-40)55-60-56(50-26-11-13-36-58-50)62-57(61-55)51-27-12-14-37-59-51)47-24-7-9-28-52(47)63(2)45-33-30-41(31-34-45)43-32-35-54-49(39-43)48-25-8-10-29-53(48)64(54)46-22-5-4-6-23-46/h3-17,19-39H,1,18H2,2H3/b20-15-,42-17+. The van der Waals surface area contributed by atoms with Gasteiger partial charge in [0.2, 0.25) is 0 Å². The molecule has 10 aromatic rings. The highest BCUT2D eigenvalue weighted by atomic mass is 15.1. The maximum atomic E-state index is 4.86. The van der Waals surface area contributed by atoms with Crippen molar-refractivity contribution in [1.29, 1.82) is 0 Å². The van der Waals surface area contributed by atoms with E-state index in [-0.39, 0.29) is 0 Å². The van der Waals surface area contributed by atoms with Crippen molar-refractivity contribution in [2.75, 3.05) is 11.9 Å². The van der Waals surface area contributed by atoms with Crippen molar-refractivity contribution in [3.05, 3.63) is 236 Å². The van der Waals surface area contributed by atoms with Crippen LogP contribution >= 0.6 is 0 Å². The monoisotopic (exact) mass is 825 g/mol. The molecule has 4 heterocycles. The minimum Gasteiger partial charge on any atom is -0.344 e. The summed E-state index contributed by atoms with van der Waals surface area (Å²) in [6, 6.07) is 63.1. The van der Waals surface area contributed by atoms with Gasteiger partial charge >= 0.3 is 0 Å². The predicted molar refractivity (Wildman–Crippen MR) is 263 cm³/mol. The molecule has 0 fully saturated rings. The summed E-state index contributed by atoms with van der Waals surface area (Å²) >= 11 is 0. The number of hydrogen-bond acceptors (Lipinski definition) is 6. The molecular weight excluding hydrogens is 783 g/mol. The van der Waals surface area contributed by atoms with Gasteiger partial charge in [-0.15, -0.1) is 0 Å². The van der Waals surface area contributed by atoms with Gasteiger partial charge in [-0.25, -0.2) is 15.0 Å². The van der Waals surface area contributed by atoms with Gasteiger partial charge in [-0.1, -0.05) is 134 Å². The fourth-order valence-electron chi connectivity index (χ4n) is 8.28. The molecule has 0 aliphatic carbocycles. The fourth-order valence-corrected chi connectivity index (χ4v) is 8.28. The topological polar surface area (TPSA) is 72.6 Å². The maximum absolute atomic E-state index is 4.86. The second-order valence-electron chi connectivity index (χ2n) is 15.4. The first-order chi connectivity index (χ1) is 31.6. The van der Waals surface area contributed by atoms with Crippen LogP contribution in [-0.2, 0) is 6.42 Å². The Morgan fingerprint density at radius 1 is 0.562 bits per heavy atom. The lowest BCUT2D eigenvalue weighted by Gasteiger charge is -2.23. The zero-order valence-electron chi connectivity index (χ0n) is 35.3. The Labute approximate surface area is 372 Å². The summed E-state index contributed by atoms with van der Waals surface area (Å²) in [5.74, 6) is 1.56. The third-order valence-electron chi connectivity index (χ3n) is 11.4. The molecule has 0 N–H and O–H groups in total. The molecule has 64 heavy (non-hydrogen) atoms. The lowest BCUT2D eigenvalue weighted by atomic mass is 9.99. The van der Waals surface area contributed by atoms with E-state index >= 15 is 0 Å². The Hall–Kier alpha value is -8.55. The highest BCUT2D eigenvalue weighted by Gasteiger charge is 2.16. The van der Waals surface area contributed by atoms with Gasteiger partial charge in [-0.05, 0) is 108 Å². The zero-order valence-corrected chi connectivity index (χ0v) is 35.3. The largest absolute Gasteiger partial charge is 0.344 e. The molecule has 0 amide bonds. The molecule has 7 nitrogen and oxygen atoms in total. The molecule has 0 saturated carbocycles. The zero-order chi connectivity index (χ0) is 43.2. The van der Waals surface area contributed by atoms with E-state index in [9.17, 15) is 0 Å². The van der Waals surface area contributed by atoms with Crippen LogP contribution in [0.1, 0.15) is 11.1 Å². The van der Waals surface area contributed by atoms with Crippen molar-refractivity contribution < 1.29 is 0 Å². The third-order valence-corrected chi connectivity index (χ3v) is 11.4. The van der Waals surface area contributed by atoms with E-state index in [1.807, 2.05) is 54.6 Å². The smallest absolute Gasteiger partial charge is 0.182 e. The summed E-state index contributed by atoms with van der Waals surface area (Å²) in [5, 5.41) is 2.48. The Kier molecular flexibility index (Phi) is 11.0. The number of aromatic nitrogens is 6. The Morgan fingerprint density at radius 2 is 1.22 bits per heavy atom. The molecule has 0 unspecified atom stereocenters. The number of para-hydroxylation sites is 3. The van der Waals surface area contributed by atoms with Crippen molar-refractivity contribution in [1.82, 2.24) is 29.5 Å². The number of fused-ring (bicyclic) bond motifs is 3. The molecule has 6 aromatic carbocycles. The predicted octanol–water partition coefficient (Wildman–Crippen LogP) is 13.6. The summed E-state index contributed by atoms with van der Waals surface area (Å²) in [6.45, 7) is 4.07. The van der Waals surface area contributed by atoms with Crippen molar-refractivity contribution in [3.63, 3.8) is 0 Å². The quantitative estimate of drug-likeness (QED) is 0.114. The number of anilines is 2. The lowest BCUT2D eigenvalue weighted by molar-refractivity contribution is 1.04. The highest BCUT2D eigenvalue weighted by Crippen LogP contribution is 2.37. The van der Waals surface area contributed by atoms with Crippen LogP contribution in [0.15, 0.2) is 225 Å². The van der Waals surface area contributed by atoms with Gasteiger partial charge in [-0.3, -0.25) is 9.97 Å². The van der Waals surface area contributed by atoms with E-state index in [1.54, 1.807) is 12.4 Å². The van der Waals surface area contributed by atoms with Crippen LogP contribution in [0.3, 0.4) is 0 Å². The molecule has 10 rings (SSSR count). The molecule has 0 spiro atoms. The number of nitrogens with zero attached hydrogens (tertiary/aromatic N) is 7. The van der Waals surface area contributed by atoms with Gasteiger partial charge < -0.3 is 9.47 Å². The first kappa shape index (κ1) is 39.6. The Bertz CT molecular complexity index is 3260. The fraction of sp³-hybridized carbons (Fsp3) is 0.0351. The first-order valence-electron chi connectivity index (χ1n) is 21.3. The van der Waals surface area contributed by atoms with E-state index in [0.29, 0.717) is 35.3 Å². The van der Waals surface area contributed by atoms with Crippen LogP contribution in [0, 0.1) is 0 Å². The van der Waals surface area contributed by atoms with Crippen LogP contribution in [0.2, 0.25) is 0 Å². The van der Waals surface area contributed by atoms with Crippen LogP contribution < -0.4 is 4.90 Å². The Balaban J connectivity index is 0.896. The molecular formula is C57H43N7. The minimum atomic E-state index is 0.497. The van der Waals surface area contributed by atoms with Gasteiger partial charge in [0.25, 0.3) is 0 Å². The number of allylic oxidation sites excluding steroid dienone is 5. The van der Waals surface area contributed by atoms with E-state index in [1.165, 1.54) is 32.9 Å². The molecule has 0 atom stereocenters. The first-order valence-corrected chi connectivity index (χ1v) is 21.3. The van der Waals surface area contributed by atoms with Crippen molar-refractivity contribution in [2.24, 2.45) is 0 Å². The molecule has 0 aliphatic rings. The summed E-state index contributed by atoms with van der Waals surface area (Å²) in [7, 11) is 2.12. The molecule has 0 bridgehead atoms. The van der Waals surface area contributed by atoms with Crippen molar-refractivity contribution in [3.8, 4) is 51.2 Å². The molecule has 0 aliphatic heterocycles. The van der Waals surface area contributed by atoms with Gasteiger partial charge in [0.1, 0.15) is 11.4 Å².